The maximum atomic E-state index is 12.7. The molecule has 1 N–H and O–H groups in total. The molecular formula is C17H20N2O. The van der Waals surface area contributed by atoms with E-state index in [0.29, 0.717) is 11.8 Å². The molecule has 2 saturated carbocycles. The van der Waals surface area contributed by atoms with Crippen molar-refractivity contribution in [2.75, 3.05) is 6.54 Å². The summed E-state index contributed by atoms with van der Waals surface area (Å²) in [6, 6.07) is 12.3. The first-order valence-electron chi connectivity index (χ1n) is 7.44. The van der Waals surface area contributed by atoms with Crippen LogP contribution in [-0.4, -0.2) is 12.5 Å². The molecule has 3 rings (SSSR count). The van der Waals surface area contributed by atoms with E-state index in [0.717, 1.165) is 19.3 Å². The number of amides is 1. The maximum Gasteiger partial charge on any atom is 0.227 e. The number of carbonyl (C=O) groups excluding carboxylic acids is 1. The lowest BCUT2D eigenvalue weighted by Gasteiger charge is -2.36. The summed E-state index contributed by atoms with van der Waals surface area (Å²) in [5.41, 5.74) is 0.952. The second-order valence-electron chi connectivity index (χ2n) is 6.24. The van der Waals surface area contributed by atoms with Gasteiger partial charge in [-0.05, 0) is 43.1 Å². The van der Waals surface area contributed by atoms with Crippen molar-refractivity contribution in [1.82, 2.24) is 5.32 Å². The Balaban J connectivity index is 1.85. The number of carbonyl (C=O) groups is 1. The van der Waals surface area contributed by atoms with Crippen molar-refractivity contribution < 1.29 is 4.79 Å². The molecule has 0 unspecified atom stereocenters. The van der Waals surface area contributed by atoms with Gasteiger partial charge in [-0.15, -0.1) is 0 Å². The molecule has 2 aliphatic carbocycles. The van der Waals surface area contributed by atoms with Crippen LogP contribution >= 0.6 is 0 Å². The molecule has 1 aromatic carbocycles. The summed E-state index contributed by atoms with van der Waals surface area (Å²) in [6.07, 6.45) is 5.42. The molecule has 3 atom stereocenters. The lowest BCUT2D eigenvalue weighted by atomic mass is 9.68. The van der Waals surface area contributed by atoms with Crippen molar-refractivity contribution in [2.24, 2.45) is 17.3 Å². The number of benzene rings is 1. The van der Waals surface area contributed by atoms with Crippen molar-refractivity contribution in [3.8, 4) is 6.07 Å². The topological polar surface area (TPSA) is 52.9 Å². The van der Waals surface area contributed by atoms with Crippen LogP contribution in [0, 0.1) is 28.6 Å². The first kappa shape index (κ1) is 13.2. The molecule has 0 radical (unpaired) electrons. The van der Waals surface area contributed by atoms with Crippen LogP contribution in [0.2, 0.25) is 0 Å². The zero-order chi connectivity index (χ0) is 14.0. The van der Waals surface area contributed by atoms with Crippen molar-refractivity contribution in [3.05, 3.63) is 35.9 Å². The highest BCUT2D eigenvalue weighted by Gasteiger charge is 2.55. The van der Waals surface area contributed by atoms with Crippen LogP contribution in [0.4, 0.5) is 0 Å². The van der Waals surface area contributed by atoms with Crippen molar-refractivity contribution in [2.45, 2.75) is 32.1 Å². The molecule has 1 amide bonds. The van der Waals surface area contributed by atoms with Crippen molar-refractivity contribution in [3.63, 3.8) is 0 Å². The minimum Gasteiger partial charge on any atom is -0.342 e. The lowest BCUT2D eigenvalue weighted by Crippen LogP contribution is -2.46. The largest absolute Gasteiger partial charge is 0.342 e. The van der Waals surface area contributed by atoms with E-state index in [9.17, 15) is 4.79 Å². The zero-order valence-electron chi connectivity index (χ0n) is 11.6. The Morgan fingerprint density at radius 3 is 2.75 bits per heavy atom. The number of nitrogens with one attached hydrogen (secondary N) is 1. The molecule has 0 saturated heterocycles. The molecule has 0 heterocycles. The predicted molar refractivity (Wildman–Crippen MR) is 76.6 cm³/mol. The maximum absolute atomic E-state index is 12.7. The van der Waals surface area contributed by atoms with Gasteiger partial charge in [0.2, 0.25) is 5.91 Å². The average Bonchev–Trinajstić information content (AvgIpc) is 3.07. The van der Waals surface area contributed by atoms with E-state index in [1.165, 1.54) is 18.4 Å². The number of rotatable bonds is 4. The Kier molecular flexibility index (Phi) is 3.48. The summed E-state index contributed by atoms with van der Waals surface area (Å²) in [7, 11) is 0. The smallest absolute Gasteiger partial charge is 0.227 e. The summed E-state index contributed by atoms with van der Waals surface area (Å²) >= 11 is 0. The second kappa shape index (κ2) is 5.28. The van der Waals surface area contributed by atoms with Crippen LogP contribution in [0.25, 0.3) is 0 Å². The average molecular weight is 268 g/mol. The van der Waals surface area contributed by atoms with E-state index < -0.39 is 0 Å². The molecule has 0 spiro atoms. The molecule has 20 heavy (non-hydrogen) atoms. The molecule has 2 aliphatic rings. The summed E-state index contributed by atoms with van der Waals surface area (Å²) < 4.78 is 0. The molecule has 1 aromatic rings. The van der Waals surface area contributed by atoms with Crippen LogP contribution in [0.15, 0.2) is 30.3 Å². The molecule has 2 fully saturated rings. The summed E-state index contributed by atoms with van der Waals surface area (Å²) in [5.74, 6) is 1.29. The third-order valence-corrected chi connectivity index (χ3v) is 5.12. The molecule has 2 bridgehead atoms. The quantitative estimate of drug-likeness (QED) is 0.854. The van der Waals surface area contributed by atoms with Gasteiger partial charge in [-0.2, -0.15) is 5.26 Å². The lowest BCUT2D eigenvalue weighted by molar-refractivity contribution is -0.133. The number of hydrogen-bond donors (Lipinski definition) is 1. The van der Waals surface area contributed by atoms with Crippen LogP contribution in [-0.2, 0) is 11.2 Å². The van der Waals surface area contributed by atoms with Gasteiger partial charge in [0.05, 0.1) is 11.5 Å². The highest BCUT2D eigenvalue weighted by molar-refractivity contribution is 5.84. The number of hydrogen-bond acceptors (Lipinski definition) is 2. The van der Waals surface area contributed by atoms with Crippen molar-refractivity contribution in [1.29, 1.82) is 5.26 Å². The fourth-order valence-corrected chi connectivity index (χ4v) is 4.27. The Hall–Kier alpha value is -1.82. The van der Waals surface area contributed by atoms with Gasteiger partial charge in [0.1, 0.15) is 6.54 Å². The fraction of sp³-hybridized carbons (Fsp3) is 0.529. The van der Waals surface area contributed by atoms with Gasteiger partial charge in [-0.3, -0.25) is 4.79 Å². The molecule has 104 valence electrons. The van der Waals surface area contributed by atoms with Gasteiger partial charge in [0, 0.05) is 0 Å². The highest BCUT2D eigenvalue weighted by atomic mass is 16.2. The predicted octanol–water partition coefficient (Wildman–Crippen LogP) is 2.68. The normalized spacial score (nSPS) is 30.9. The first-order chi connectivity index (χ1) is 9.74. The molecular weight excluding hydrogens is 248 g/mol. The van der Waals surface area contributed by atoms with Crippen LogP contribution in [0.1, 0.15) is 31.2 Å². The van der Waals surface area contributed by atoms with Crippen LogP contribution in [0.5, 0.6) is 0 Å². The van der Waals surface area contributed by atoms with Gasteiger partial charge in [-0.1, -0.05) is 36.8 Å². The van der Waals surface area contributed by atoms with Gasteiger partial charge in [0.15, 0.2) is 0 Å². The van der Waals surface area contributed by atoms with E-state index in [4.69, 9.17) is 5.26 Å². The number of nitriles is 1. The Labute approximate surface area is 120 Å². The zero-order valence-corrected chi connectivity index (χ0v) is 11.6. The standard InChI is InChI=1S/C17H20N2O/c18-8-9-19-16(20)17(11-13-4-2-1-3-5-13)12-14-6-7-15(17)10-14/h1-5,14-15H,6-7,9-12H2,(H,19,20)/t14-,15-,17+/m0/s1. The van der Waals surface area contributed by atoms with Gasteiger partial charge in [0.25, 0.3) is 0 Å². The highest BCUT2D eigenvalue weighted by Crippen LogP contribution is 2.57. The second-order valence-corrected chi connectivity index (χ2v) is 6.24. The molecule has 0 aliphatic heterocycles. The van der Waals surface area contributed by atoms with E-state index in [-0.39, 0.29) is 17.9 Å². The fourth-order valence-electron chi connectivity index (χ4n) is 4.27. The van der Waals surface area contributed by atoms with Crippen molar-refractivity contribution >= 4 is 5.91 Å². The van der Waals surface area contributed by atoms with Crippen LogP contribution < -0.4 is 5.32 Å². The van der Waals surface area contributed by atoms with Gasteiger partial charge < -0.3 is 5.32 Å². The Morgan fingerprint density at radius 2 is 2.15 bits per heavy atom. The van der Waals surface area contributed by atoms with E-state index in [2.05, 4.69) is 17.4 Å². The van der Waals surface area contributed by atoms with E-state index in [1.807, 2.05) is 24.3 Å². The van der Waals surface area contributed by atoms with Gasteiger partial charge in [-0.25, -0.2) is 0 Å². The first-order valence-corrected chi connectivity index (χ1v) is 7.44. The number of nitrogens with zero attached hydrogens (tertiary/aromatic N) is 1. The van der Waals surface area contributed by atoms with E-state index in [1.54, 1.807) is 0 Å². The minimum atomic E-state index is -0.277. The molecule has 3 nitrogen and oxygen atoms in total. The summed E-state index contributed by atoms with van der Waals surface area (Å²) in [4.78, 5) is 12.7. The molecule has 3 heteroatoms. The summed E-state index contributed by atoms with van der Waals surface area (Å²) in [5, 5.41) is 11.5. The Morgan fingerprint density at radius 1 is 1.35 bits per heavy atom. The minimum absolute atomic E-state index is 0.0927. The number of fused-ring (bicyclic) bond motifs is 2. The summed E-state index contributed by atoms with van der Waals surface area (Å²) in [6.45, 7) is 0.118. The SMILES string of the molecule is N#CCNC(=O)[C@]1(Cc2ccccc2)C[C@H]2CC[C@H]1C2. The van der Waals surface area contributed by atoms with Gasteiger partial charge >= 0.3 is 0 Å². The third kappa shape index (κ3) is 2.20. The van der Waals surface area contributed by atoms with Crippen LogP contribution in [0.3, 0.4) is 0 Å². The van der Waals surface area contributed by atoms with E-state index >= 15 is 0 Å². The third-order valence-electron chi connectivity index (χ3n) is 5.12. The Bertz CT molecular complexity index is 534. The molecule has 0 aromatic heterocycles. The monoisotopic (exact) mass is 268 g/mol.